The summed E-state index contributed by atoms with van der Waals surface area (Å²) in [6.07, 6.45) is 37.2. The third kappa shape index (κ3) is 20.2. The minimum absolute atomic E-state index is 1.19. The topological polar surface area (TPSA) is 12.9 Å². The molecule has 1 heterocycles. The standard InChI is InChI=1S/C35H65N/c1-4-7-10-13-16-19-22-25-28-33-31-34(29-26-23-20-17-14-11-8-5-2)36-35(32-33)30-27-24-21-18-15-12-9-6-3/h31-32H,4-30H2,1-3H3. The van der Waals surface area contributed by atoms with Crippen molar-refractivity contribution >= 4 is 0 Å². The second-order valence-corrected chi connectivity index (χ2v) is 11.6. The molecule has 0 saturated heterocycles. The predicted octanol–water partition coefficient (Wildman–Crippen LogP) is 12.1. The lowest BCUT2D eigenvalue weighted by atomic mass is 10.0. The molecule has 0 aliphatic heterocycles. The molecule has 0 amide bonds. The highest BCUT2D eigenvalue weighted by atomic mass is 14.7. The van der Waals surface area contributed by atoms with Crippen molar-refractivity contribution in [2.75, 3.05) is 0 Å². The van der Waals surface area contributed by atoms with Crippen LogP contribution in [-0.4, -0.2) is 4.98 Å². The van der Waals surface area contributed by atoms with E-state index in [0.29, 0.717) is 0 Å². The first-order chi connectivity index (χ1) is 17.8. The third-order valence-corrected chi connectivity index (χ3v) is 7.88. The van der Waals surface area contributed by atoms with Crippen LogP contribution in [0.4, 0.5) is 0 Å². The minimum atomic E-state index is 1.19. The Morgan fingerprint density at radius 3 is 0.972 bits per heavy atom. The fourth-order valence-corrected chi connectivity index (χ4v) is 5.46. The van der Waals surface area contributed by atoms with E-state index in [1.54, 1.807) is 5.56 Å². The number of pyridine rings is 1. The van der Waals surface area contributed by atoms with Crippen molar-refractivity contribution in [2.45, 2.75) is 194 Å². The molecule has 1 heteroatoms. The van der Waals surface area contributed by atoms with Crippen LogP contribution in [0.3, 0.4) is 0 Å². The number of hydrogen-bond acceptors (Lipinski definition) is 1. The van der Waals surface area contributed by atoms with Crippen molar-refractivity contribution < 1.29 is 0 Å². The molecule has 0 aromatic carbocycles. The van der Waals surface area contributed by atoms with Gasteiger partial charge in [-0.2, -0.15) is 0 Å². The molecule has 0 radical (unpaired) electrons. The van der Waals surface area contributed by atoms with E-state index >= 15 is 0 Å². The molecule has 0 fully saturated rings. The molecule has 0 bridgehead atoms. The maximum Gasteiger partial charge on any atom is 0.0409 e. The van der Waals surface area contributed by atoms with E-state index in [0.717, 1.165) is 0 Å². The molecule has 1 nitrogen and oxygen atoms in total. The van der Waals surface area contributed by atoms with Crippen LogP contribution in [0.1, 0.15) is 192 Å². The first-order valence-electron chi connectivity index (χ1n) is 16.8. The second kappa shape index (κ2) is 25.8. The van der Waals surface area contributed by atoms with Gasteiger partial charge in [0.15, 0.2) is 0 Å². The summed E-state index contributed by atoms with van der Waals surface area (Å²) in [4.78, 5) is 5.14. The van der Waals surface area contributed by atoms with Gasteiger partial charge in [-0.3, -0.25) is 4.98 Å². The molecule has 1 rings (SSSR count). The van der Waals surface area contributed by atoms with Gasteiger partial charge in [-0.1, -0.05) is 156 Å². The van der Waals surface area contributed by atoms with E-state index in [-0.39, 0.29) is 0 Å². The summed E-state index contributed by atoms with van der Waals surface area (Å²) in [5, 5.41) is 0. The molecule has 0 spiro atoms. The maximum atomic E-state index is 5.14. The SMILES string of the molecule is CCCCCCCCCCc1cc(CCCCCCCCCC)nc(CCCCCCCCCC)c1. The number of aryl methyl sites for hydroxylation is 3. The van der Waals surface area contributed by atoms with Gasteiger partial charge in [0.25, 0.3) is 0 Å². The molecule has 0 unspecified atom stereocenters. The Morgan fingerprint density at radius 2 is 0.639 bits per heavy atom. The van der Waals surface area contributed by atoms with Crippen LogP contribution in [0, 0.1) is 0 Å². The zero-order valence-corrected chi connectivity index (χ0v) is 25.2. The number of unbranched alkanes of at least 4 members (excludes halogenated alkanes) is 21. The second-order valence-electron chi connectivity index (χ2n) is 11.6. The Morgan fingerprint density at radius 1 is 0.361 bits per heavy atom. The first kappa shape index (κ1) is 33.2. The molecule has 0 saturated carbocycles. The van der Waals surface area contributed by atoms with Gasteiger partial charge in [0, 0.05) is 11.4 Å². The number of rotatable bonds is 27. The van der Waals surface area contributed by atoms with Crippen LogP contribution >= 0.6 is 0 Å². The lowest BCUT2D eigenvalue weighted by Crippen LogP contribution is -2.00. The van der Waals surface area contributed by atoms with Crippen molar-refractivity contribution in [3.8, 4) is 0 Å². The number of hydrogen-bond donors (Lipinski definition) is 0. The van der Waals surface area contributed by atoms with E-state index in [4.69, 9.17) is 4.98 Å². The summed E-state index contributed by atoms with van der Waals surface area (Å²) in [6.45, 7) is 6.91. The zero-order valence-electron chi connectivity index (χ0n) is 25.2. The average molecular weight is 500 g/mol. The highest BCUT2D eigenvalue weighted by Gasteiger charge is 2.05. The lowest BCUT2D eigenvalue weighted by molar-refractivity contribution is 0.569. The number of nitrogens with zero attached hydrogens (tertiary/aromatic N) is 1. The summed E-state index contributed by atoms with van der Waals surface area (Å²) < 4.78 is 0. The van der Waals surface area contributed by atoms with E-state index in [9.17, 15) is 0 Å². The van der Waals surface area contributed by atoms with Crippen LogP contribution in [0.15, 0.2) is 12.1 Å². The maximum absolute atomic E-state index is 5.14. The smallest absolute Gasteiger partial charge is 0.0409 e. The Hall–Kier alpha value is -0.850. The van der Waals surface area contributed by atoms with E-state index in [1.165, 1.54) is 185 Å². The summed E-state index contributed by atoms with van der Waals surface area (Å²) in [6, 6.07) is 4.92. The van der Waals surface area contributed by atoms with Gasteiger partial charge in [0.1, 0.15) is 0 Å². The van der Waals surface area contributed by atoms with Crippen LogP contribution in [0.25, 0.3) is 0 Å². The fraction of sp³-hybridized carbons (Fsp3) is 0.857. The van der Waals surface area contributed by atoms with Crippen LogP contribution in [0.5, 0.6) is 0 Å². The van der Waals surface area contributed by atoms with Gasteiger partial charge in [0.2, 0.25) is 0 Å². The van der Waals surface area contributed by atoms with E-state index < -0.39 is 0 Å². The highest BCUT2D eigenvalue weighted by Crippen LogP contribution is 2.18. The van der Waals surface area contributed by atoms with Crippen molar-refractivity contribution in [2.24, 2.45) is 0 Å². The Labute approximate surface area is 228 Å². The summed E-state index contributed by atoms with van der Waals surface area (Å²) in [7, 11) is 0. The monoisotopic (exact) mass is 500 g/mol. The largest absolute Gasteiger partial charge is 0.258 e. The Bertz CT molecular complexity index is 485. The molecule has 0 aliphatic rings. The van der Waals surface area contributed by atoms with Crippen molar-refractivity contribution in [3.63, 3.8) is 0 Å². The summed E-state index contributed by atoms with van der Waals surface area (Å²) in [5.41, 5.74) is 4.33. The molecule has 0 aliphatic carbocycles. The van der Waals surface area contributed by atoms with Crippen LogP contribution in [-0.2, 0) is 19.3 Å². The number of aromatic nitrogens is 1. The molecular weight excluding hydrogens is 434 g/mol. The van der Waals surface area contributed by atoms with Crippen molar-refractivity contribution in [1.82, 2.24) is 4.98 Å². The van der Waals surface area contributed by atoms with Crippen LogP contribution in [0.2, 0.25) is 0 Å². The Balaban J connectivity index is 2.40. The Kier molecular flexibility index (Phi) is 23.8. The van der Waals surface area contributed by atoms with Gasteiger partial charge in [-0.25, -0.2) is 0 Å². The fourth-order valence-electron chi connectivity index (χ4n) is 5.46. The first-order valence-corrected chi connectivity index (χ1v) is 16.8. The molecule has 1 aromatic rings. The molecule has 0 N–H and O–H groups in total. The van der Waals surface area contributed by atoms with Crippen molar-refractivity contribution in [3.05, 3.63) is 29.1 Å². The minimum Gasteiger partial charge on any atom is -0.258 e. The average Bonchev–Trinajstić information content (AvgIpc) is 2.89. The van der Waals surface area contributed by atoms with Gasteiger partial charge in [0.05, 0.1) is 0 Å². The van der Waals surface area contributed by atoms with E-state index in [2.05, 4.69) is 32.9 Å². The molecular formula is C35H65N. The summed E-state index contributed by atoms with van der Waals surface area (Å²) >= 11 is 0. The molecule has 36 heavy (non-hydrogen) atoms. The quantitative estimate of drug-likeness (QED) is 0.110. The predicted molar refractivity (Wildman–Crippen MR) is 163 cm³/mol. The van der Waals surface area contributed by atoms with Gasteiger partial charge in [-0.05, 0) is 56.2 Å². The van der Waals surface area contributed by atoms with Crippen LogP contribution < -0.4 is 0 Å². The van der Waals surface area contributed by atoms with Gasteiger partial charge >= 0.3 is 0 Å². The van der Waals surface area contributed by atoms with Crippen molar-refractivity contribution in [1.29, 1.82) is 0 Å². The molecule has 0 atom stereocenters. The molecule has 210 valence electrons. The molecule has 1 aromatic heterocycles. The van der Waals surface area contributed by atoms with E-state index in [1.807, 2.05) is 0 Å². The normalized spacial score (nSPS) is 11.4. The van der Waals surface area contributed by atoms with Gasteiger partial charge < -0.3 is 0 Å². The zero-order chi connectivity index (χ0) is 25.9. The lowest BCUT2D eigenvalue weighted by Gasteiger charge is -2.10. The summed E-state index contributed by atoms with van der Waals surface area (Å²) in [5.74, 6) is 0. The third-order valence-electron chi connectivity index (χ3n) is 7.88. The highest BCUT2D eigenvalue weighted by molar-refractivity contribution is 5.22. The van der Waals surface area contributed by atoms with Gasteiger partial charge in [-0.15, -0.1) is 0 Å².